The summed E-state index contributed by atoms with van der Waals surface area (Å²) in [7, 11) is 1.63. The van der Waals surface area contributed by atoms with E-state index in [9.17, 15) is 4.79 Å². The third kappa shape index (κ3) is 3.89. The van der Waals surface area contributed by atoms with Gasteiger partial charge in [0.05, 0.1) is 18.5 Å². The Bertz CT molecular complexity index is 886. The average Bonchev–Trinajstić information content (AvgIpc) is 3.12. The second-order valence-corrected chi connectivity index (χ2v) is 6.22. The van der Waals surface area contributed by atoms with Crippen molar-refractivity contribution >= 4 is 17.5 Å². The number of benzene rings is 2. The zero-order chi connectivity index (χ0) is 18.5. The van der Waals surface area contributed by atoms with Gasteiger partial charge < -0.3 is 10.1 Å². The minimum Gasteiger partial charge on any atom is -0.497 e. The van der Waals surface area contributed by atoms with E-state index in [2.05, 4.69) is 10.4 Å². The Labute approximate surface area is 157 Å². The van der Waals surface area contributed by atoms with E-state index in [4.69, 9.17) is 16.3 Å². The highest BCUT2D eigenvalue weighted by molar-refractivity contribution is 6.30. The van der Waals surface area contributed by atoms with Crippen molar-refractivity contribution < 1.29 is 9.53 Å². The van der Waals surface area contributed by atoms with Crippen LogP contribution >= 0.6 is 11.6 Å². The molecule has 0 spiro atoms. The quantitative estimate of drug-likeness (QED) is 0.703. The average molecular weight is 370 g/mol. The lowest BCUT2D eigenvalue weighted by Gasteiger charge is -2.07. The van der Waals surface area contributed by atoms with Crippen molar-refractivity contribution in [3.8, 4) is 22.7 Å². The fourth-order valence-corrected chi connectivity index (χ4v) is 2.68. The van der Waals surface area contributed by atoms with Crippen molar-refractivity contribution in [3.05, 3.63) is 65.3 Å². The highest BCUT2D eigenvalue weighted by Crippen LogP contribution is 2.24. The minimum atomic E-state index is -0.158. The van der Waals surface area contributed by atoms with Gasteiger partial charge in [-0.2, -0.15) is 5.10 Å². The molecule has 1 N–H and O–H groups in total. The van der Waals surface area contributed by atoms with Gasteiger partial charge in [0.25, 0.3) is 5.91 Å². The molecule has 0 atom stereocenters. The summed E-state index contributed by atoms with van der Waals surface area (Å²) in [5.74, 6) is 0.612. The molecule has 0 radical (unpaired) electrons. The molecule has 134 valence electrons. The van der Waals surface area contributed by atoms with Gasteiger partial charge in [0.15, 0.2) is 0 Å². The van der Waals surface area contributed by atoms with Crippen LogP contribution in [0.15, 0.2) is 54.6 Å². The van der Waals surface area contributed by atoms with Gasteiger partial charge in [-0.05, 0) is 61.0 Å². The predicted octanol–water partition coefficient (Wildman–Crippen LogP) is 4.34. The fraction of sp³-hybridized carbons (Fsp3) is 0.200. The lowest BCUT2D eigenvalue weighted by atomic mass is 10.1. The number of methoxy groups -OCH3 is 1. The molecular formula is C20H20ClN3O2. The van der Waals surface area contributed by atoms with Crippen molar-refractivity contribution in [2.45, 2.75) is 13.3 Å². The number of hydrogen-bond acceptors (Lipinski definition) is 3. The summed E-state index contributed by atoms with van der Waals surface area (Å²) in [5.41, 5.74) is 2.87. The summed E-state index contributed by atoms with van der Waals surface area (Å²) >= 11 is 5.98. The molecule has 2 aromatic carbocycles. The summed E-state index contributed by atoms with van der Waals surface area (Å²) in [5, 5.41) is 8.18. The van der Waals surface area contributed by atoms with E-state index in [0.717, 1.165) is 23.4 Å². The van der Waals surface area contributed by atoms with E-state index >= 15 is 0 Å². The molecule has 5 nitrogen and oxygen atoms in total. The van der Waals surface area contributed by atoms with Crippen molar-refractivity contribution in [1.82, 2.24) is 15.1 Å². The van der Waals surface area contributed by atoms with E-state index in [1.54, 1.807) is 30.0 Å². The van der Waals surface area contributed by atoms with Crippen LogP contribution in [0.1, 0.15) is 23.8 Å². The smallest absolute Gasteiger partial charge is 0.270 e. The maximum absolute atomic E-state index is 12.6. The first kappa shape index (κ1) is 18.0. The molecule has 0 bridgehead atoms. The van der Waals surface area contributed by atoms with E-state index < -0.39 is 0 Å². The Hall–Kier alpha value is -2.79. The summed E-state index contributed by atoms with van der Waals surface area (Å²) in [4.78, 5) is 12.6. The number of halogens is 1. The summed E-state index contributed by atoms with van der Waals surface area (Å²) in [6.07, 6.45) is 0.867. The number of aromatic nitrogens is 2. The lowest BCUT2D eigenvalue weighted by Crippen LogP contribution is -2.26. The SMILES string of the molecule is CCCNC(=O)c1cc(-c2ccc(OC)cc2)nn1-c1ccc(Cl)cc1. The number of hydrogen-bond donors (Lipinski definition) is 1. The highest BCUT2D eigenvalue weighted by Gasteiger charge is 2.17. The Morgan fingerprint density at radius 2 is 1.85 bits per heavy atom. The van der Waals surface area contributed by atoms with Gasteiger partial charge in [-0.1, -0.05) is 18.5 Å². The molecule has 0 unspecified atom stereocenters. The highest BCUT2D eigenvalue weighted by atomic mass is 35.5. The number of carbonyl (C=O) groups is 1. The molecule has 1 heterocycles. The molecule has 0 aliphatic heterocycles. The first-order chi connectivity index (χ1) is 12.6. The predicted molar refractivity (Wildman–Crippen MR) is 103 cm³/mol. The van der Waals surface area contributed by atoms with Crippen LogP contribution in [0.4, 0.5) is 0 Å². The van der Waals surface area contributed by atoms with Crippen molar-refractivity contribution in [2.24, 2.45) is 0 Å². The molecule has 6 heteroatoms. The second-order valence-electron chi connectivity index (χ2n) is 5.79. The molecule has 0 aliphatic rings. The van der Waals surface area contributed by atoms with Gasteiger partial charge in [0.2, 0.25) is 0 Å². The second kappa shape index (κ2) is 8.06. The fourth-order valence-electron chi connectivity index (χ4n) is 2.55. The van der Waals surface area contributed by atoms with Gasteiger partial charge in [-0.3, -0.25) is 4.79 Å². The molecular weight excluding hydrogens is 350 g/mol. The van der Waals surface area contributed by atoms with Crippen LogP contribution < -0.4 is 10.1 Å². The Kier molecular flexibility index (Phi) is 5.58. The molecule has 0 aliphatic carbocycles. The lowest BCUT2D eigenvalue weighted by molar-refractivity contribution is 0.0946. The Morgan fingerprint density at radius 3 is 2.46 bits per heavy atom. The van der Waals surface area contributed by atoms with Gasteiger partial charge in [-0.25, -0.2) is 4.68 Å². The van der Waals surface area contributed by atoms with Crippen molar-refractivity contribution in [3.63, 3.8) is 0 Å². The van der Waals surface area contributed by atoms with E-state index in [1.165, 1.54) is 0 Å². The first-order valence-corrected chi connectivity index (χ1v) is 8.79. The van der Waals surface area contributed by atoms with Crippen LogP contribution in [-0.4, -0.2) is 29.3 Å². The van der Waals surface area contributed by atoms with Crippen molar-refractivity contribution in [2.75, 3.05) is 13.7 Å². The topological polar surface area (TPSA) is 56.1 Å². The summed E-state index contributed by atoms with van der Waals surface area (Å²) in [6, 6.07) is 16.6. The molecule has 3 aromatic rings. The Morgan fingerprint density at radius 1 is 1.15 bits per heavy atom. The zero-order valence-electron chi connectivity index (χ0n) is 14.7. The number of carbonyl (C=O) groups excluding carboxylic acids is 1. The van der Waals surface area contributed by atoms with Gasteiger partial charge in [0, 0.05) is 17.1 Å². The normalized spacial score (nSPS) is 10.6. The van der Waals surface area contributed by atoms with Crippen molar-refractivity contribution in [1.29, 1.82) is 0 Å². The molecule has 1 amide bonds. The summed E-state index contributed by atoms with van der Waals surface area (Å²) in [6.45, 7) is 2.63. The third-order valence-electron chi connectivity index (χ3n) is 3.93. The molecule has 3 rings (SSSR count). The van der Waals surface area contributed by atoms with Crippen LogP contribution in [0.5, 0.6) is 5.75 Å². The van der Waals surface area contributed by atoms with E-state index in [-0.39, 0.29) is 5.91 Å². The van der Waals surface area contributed by atoms with E-state index in [0.29, 0.717) is 23.0 Å². The van der Waals surface area contributed by atoms with Gasteiger partial charge >= 0.3 is 0 Å². The number of rotatable bonds is 6. The Balaban J connectivity index is 2.03. The first-order valence-electron chi connectivity index (χ1n) is 8.41. The van der Waals surface area contributed by atoms with Crippen LogP contribution in [0.2, 0.25) is 5.02 Å². The molecule has 0 saturated heterocycles. The number of amides is 1. The molecule has 0 saturated carbocycles. The van der Waals surface area contributed by atoms with E-state index in [1.807, 2.05) is 43.3 Å². The van der Waals surface area contributed by atoms with Crippen LogP contribution in [0, 0.1) is 0 Å². The minimum absolute atomic E-state index is 0.158. The standard InChI is InChI=1S/C20H20ClN3O2/c1-3-12-22-20(25)19-13-18(14-4-10-17(26-2)11-5-14)23-24(19)16-8-6-15(21)7-9-16/h4-11,13H,3,12H2,1-2H3,(H,22,25). The molecule has 0 fully saturated rings. The van der Waals surface area contributed by atoms with Crippen LogP contribution in [0.25, 0.3) is 16.9 Å². The molecule has 26 heavy (non-hydrogen) atoms. The maximum Gasteiger partial charge on any atom is 0.270 e. The van der Waals surface area contributed by atoms with Crippen LogP contribution in [-0.2, 0) is 0 Å². The number of nitrogens with zero attached hydrogens (tertiary/aromatic N) is 2. The number of ether oxygens (including phenoxy) is 1. The summed E-state index contributed by atoms with van der Waals surface area (Å²) < 4.78 is 6.83. The van der Waals surface area contributed by atoms with Crippen LogP contribution in [0.3, 0.4) is 0 Å². The maximum atomic E-state index is 12.6. The largest absolute Gasteiger partial charge is 0.497 e. The van der Waals surface area contributed by atoms with Gasteiger partial charge in [0.1, 0.15) is 11.4 Å². The third-order valence-corrected chi connectivity index (χ3v) is 4.19. The monoisotopic (exact) mass is 369 g/mol. The zero-order valence-corrected chi connectivity index (χ0v) is 15.5. The molecule has 1 aromatic heterocycles. The number of nitrogens with one attached hydrogen (secondary N) is 1. The van der Waals surface area contributed by atoms with Gasteiger partial charge in [-0.15, -0.1) is 0 Å².